The summed E-state index contributed by atoms with van der Waals surface area (Å²) in [7, 11) is 8.49. The maximum absolute atomic E-state index is 15.0. The van der Waals surface area contributed by atoms with Gasteiger partial charge in [-0.05, 0) is 24.1 Å². The first-order chi connectivity index (χ1) is 19.5. The number of amides is 3. The van der Waals surface area contributed by atoms with Crippen molar-refractivity contribution in [1.29, 1.82) is 0 Å². The fourth-order valence-electron chi connectivity index (χ4n) is 3.88. The number of halogens is 1. The van der Waals surface area contributed by atoms with Crippen LogP contribution in [0.5, 0.6) is 5.75 Å². The van der Waals surface area contributed by atoms with Gasteiger partial charge in [0.1, 0.15) is 35.2 Å². The van der Waals surface area contributed by atoms with Gasteiger partial charge in [-0.2, -0.15) is 0 Å². The number of ether oxygens (including phenoxy) is 2. The Hall–Kier alpha value is -3.91. The molecule has 3 amide bonds. The molecule has 4 rings (SSSR count). The predicted molar refractivity (Wildman–Crippen MR) is 163 cm³/mol. The number of nitrogens with one attached hydrogen (secondary N) is 4. The van der Waals surface area contributed by atoms with Gasteiger partial charge < -0.3 is 30.7 Å². The average molecular weight is 578 g/mol. The molecule has 1 saturated carbocycles. The minimum absolute atomic E-state index is 0.0481. The third-order valence-corrected chi connectivity index (χ3v) is 6.77. The lowest BCUT2D eigenvalue weighted by atomic mass is 9.49. The normalized spacial score (nSPS) is 12.9. The molecule has 16 heteroatoms. The minimum atomic E-state index is -0.598. The van der Waals surface area contributed by atoms with Crippen molar-refractivity contribution in [2.45, 2.75) is 18.1 Å². The molecule has 41 heavy (non-hydrogen) atoms. The van der Waals surface area contributed by atoms with Gasteiger partial charge in [-0.25, -0.2) is 14.4 Å². The van der Waals surface area contributed by atoms with E-state index in [2.05, 4.69) is 31.2 Å². The van der Waals surface area contributed by atoms with E-state index < -0.39 is 17.0 Å². The highest BCUT2D eigenvalue weighted by Crippen LogP contribution is 2.40. The molecule has 11 nitrogen and oxygen atoms in total. The second-order valence-electron chi connectivity index (χ2n) is 10.5. The molecular weight excluding hydrogens is 548 g/mol. The number of carbonyl (C=O) groups is 3. The molecule has 2 aromatic heterocycles. The van der Waals surface area contributed by atoms with Crippen molar-refractivity contribution in [2.75, 3.05) is 38.0 Å². The molecule has 2 heterocycles. The van der Waals surface area contributed by atoms with Gasteiger partial charge >= 0.3 is 0 Å². The molecule has 0 saturated heterocycles. The first kappa shape index (κ1) is 30.1. The van der Waals surface area contributed by atoms with Gasteiger partial charge in [0, 0.05) is 48.8 Å². The molecule has 1 aliphatic carbocycles. The average Bonchev–Trinajstić information content (AvgIpc) is 3.64. The summed E-state index contributed by atoms with van der Waals surface area (Å²) in [6.07, 6.45) is 2.99. The highest BCUT2D eigenvalue weighted by molar-refractivity contribution is 7.12. The van der Waals surface area contributed by atoms with Gasteiger partial charge in [0.05, 0.1) is 36.3 Å². The Bertz CT molecular complexity index is 1460. The quantitative estimate of drug-likeness (QED) is 0.175. The van der Waals surface area contributed by atoms with Crippen LogP contribution >= 0.6 is 11.3 Å². The zero-order chi connectivity index (χ0) is 29.7. The maximum atomic E-state index is 15.0. The SMILES string of the molecule is BC(B)(B)NC(=O)c1cnc(NC(=O)C2CC2)cc1Nc1cc(F)cc(-c2csc(C(=O)NCCOC)n2)c1OC. The smallest absolute Gasteiger partial charge is 0.280 e. The molecule has 1 fully saturated rings. The molecule has 4 N–H and O–H groups in total. The number of nitrogens with zero attached hydrogens (tertiary/aromatic N) is 2. The number of thiazole rings is 1. The van der Waals surface area contributed by atoms with Crippen LogP contribution < -0.4 is 26.0 Å². The lowest BCUT2D eigenvalue weighted by molar-refractivity contribution is -0.117. The van der Waals surface area contributed by atoms with E-state index in [1.165, 1.54) is 38.6 Å². The van der Waals surface area contributed by atoms with Crippen molar-refractivity contribution in [3.05, 3.63) is 46.2 Å². The first-order valence-electron chi connectivity index (χ1n) is 13.0. The number of anilines is 3. The summed E-state index contributed by atoms with van der Waals surface area (Å²) in [6, 6.07) is 4.00. The lowest BCUT2D eigenvalue weighted by Gasteiger charge is -2.22. The molecule has 212 valence electrons. The standard InChI is InChI=1S/C25H30B3FN6O5S/c1-39-6-5-30-23(38)24-33-18(11-41-24)14-7-13(29)8-17(20(14)40-2)32-16-9-19(34-21(36)12-3-4-12)31-10-15(16)22(37)35-25(26,27)28/h7-12H,3-6,26-28H2,1-2H3,(H,30,38)(H,35,37)(H2,31,32,34,36). The summed E-state index contributed by atoms with van der Waals surface area (Å²) in [4.78, 5) is 46.6. The second-order valence-corrected chi connectivity index (χ2v) is 11.4. The molecule has 0 atom stereocenters. The van der Waals surface area contributed by atoms with E-state index in [4.69, 9.17) is 9.47 Å². The van der Waals surface area contributed by atoms with Crippen molar-refractivity contribution in [1.82, 2.24) is 20.6 Å². The van der Waals surface area contributed by atoms with E-state index in [-0.39, 0.29) is 51.2 Å². The van der Waals surface area contributed by atoms with Crippen molar-refractivity contribution in [3.63, 3.8) is 0 Å². The van der Waals surface area contributed by atoms with Crippen LogP contribution in [0.3, 0.4) is 0 Å². The number of aromatic nitrogens is 2. The van der Waals surface area contributed by atoms with Gasteiger partial charge in [-0.3, -0.25) is 14.4 Å². The summed E-state index contributed by atoms with van der Waals surface area (Å²) in [5.41, 5.74) is 1.31. The van der Waals surface area contributed by atoms with E-state index in [9.17, 15) is 18.8 Å². The second kappa shape index (κ2) is 12.7. The van der Waals surface area contributed by atoms with Gasteiger partial charge in [-0.1, -0.05) is 0 Å². The molecular formula is C25H30B3FN6O5S. The van der Waals surface area contributed by atoms with Gasteiger partial charge in [0.2, 0.25) is 5.91 Å². The minimum Gasteiger partial charge on any atom is -0.494 e. The number of hydrogen-bond acceptors (Lipinski definition) is 9. The van der Waals surface area contributed by atoms with Gasteiger partial charge in [0.15, 0.2) is 10.8 Å². The summed E-state index contributed by atoms with van der Waals surface area (Å²) in [5, 5.41) is 12.8. The Kier molecular flexibility index (Phi) is 9.33. The largest absolute Gasteiger partial charge is 0.494 e. The van der Waals surface area contributed by atoms with E-state index >= 15 is 0 Å². The molecule has 1 aromatic carbocycles. The highest BCUT2D eigenvalue weighted by atomic mass is 32.1. The predicted octanol–water partition coefficient (Wildman–Crippen LogP) is 0.0615. The Balaban J connectivity index is 1.70. The molecule has 0 unspecified atom stereocenters. The van der Waals surface area contributed by atoms with Gasteiger partial charge in [0.25, 0.3) is 11.8 Å². The fraction of sp³-hybridized carbons (Fsp3) is 0.320. The van der Waals surface area contributed by atoms with Crippen LogP contribution in [0.1, 0.15) is 33.0 Å². The van der Waals surface area contributed by atoms with Crippen molar-refractivity contribution < 1.29 is 28.2 Å². The van der Waals surface area contributed by atoms with Crippen LogP contribution in [0, 0.1) is 11.7 Å². The third-order valence-electron chi connectivity index (χ3n) is 5.93. The van der Waals surface area contributed by atoms with Gasteiger partial charge in [-0.15, -0.1) is 11.3 Å². The highest BCUT2D eigenvalue weighted by Gasteiger charge is 2.30. The van der Waals surface area contributed by atoms with Crippen LogP contribution in [0.2, 0.25) is 0 Å². The molecule has 0 spiro atoms. The Labute approximate surface area is 243 Å². The van der Waals surface area contributed by atoms with Crippen LogP contribution in [-0.2, 0) is 9.53 Å². The Morgan fingerprint density at radius 2 is 1.88 bits per heavy atom. The van der Waals surface area contributed by atoms with E-state index in [0.717, 1.165) is 24.2 Å². The molecule has 0 radical (unpaired) electrons. The number of carbonyl (C=O) groups excluding carboxylic acids is 3. The molecule has 0 aliphatic heterocycles. The van der Waals surface area contributed by atoms with Crippen LogP contribution in [0.4, 0.5) is 21.6 Å². The fourth-order valence-corrected chi connectivity index (χ4v) is 4.61. The number of benzene rings is 1. The summed E-state index contributed by atoms with van der Waals surface area (Å²) in [5.74, 6) is -1.09. The van der Waals surface area contributed by atoms with E-state index in [1.807, 2.05) is 23.5 Å². The zero-order valence-electron chi connectivity index (χ0n) is 23.5. The van der Waals surface area contributed by atoms with Crippen LogP contribution in [-0.4, -0.2) is 83.8 Å². The van der Waals surface area contributed by atoms with E-state index in [1.54, 1.807) is 5.38 Å². The van der Waals surface area contributed by atoms with Crippen molar-refractivity contribution in [2.24, 2.45) is 5.92 Å². The molecule has 0 bridgehead atoms. The lowest BCUT2D eigenvalue weighted by Crippen LogP contribution is -2.50. The number of pyridine rings is 1. The number of hydrogen-bond donors (Lipinski definition) is 4. The number of rotatable bonds is 12. The van der Waals surface area contributed by atoms with Crippen molar-refractivity contribution >= 4 is 69.8 Å². The third kappa shape index (κ3) is 7.85. The van der Waals surface area contributed by atoms with Crippen molar-refractivity contribution in [3.8, 4) is 17.0 Å². The maximum Gasteiger partial charge on any atom is 0.280 e. The van der Waals surface area contributed by atoms with Crippen LogP contribution in [0.15, 0.2) is 29.8 Å². The molecule has 3 aromatic rings. The first-order valence-corrected chi connectivity index (χ1v) is 13.9. The Morgan fingerprint density at radius 1 is 1.12 bits per heavy atom. The zero-order valence-corrected chi connectivity index (χ0v) is 24.3. The monoisotopic (exact) mass is 578 g/mol. The topological polar surface area (TPSA) is 144 Å². The Morgan fingerprint density at radius 3 is 2.54 bits per heavy atom. The summed E-state index contributed by atoms with van der Waals surface area (Å²) in [6.45, 7) is 0.676. The van der Waals surface area contributed by atoms with E-state index in [0.29, 0.717) is 24.4 Å². The molecule has 1 aliphatic rings. The number of methoxy groups -OCH3 is 2. The summed E-state index contributed by atoms with van der Waals surface area (Å²) >= 11 is 1.11. The van der Waals surface area contributed by atoms with Crippen LogP contribution in [0.25, 0.3) is 11.3 Å². The summed E-state index contributed by atoms with van der Waals surface area (Å²) < 4.78 is 25.6.